The summed E-state index contributed by atoms with van der Waals surface area (Å²) in [5, 5.41) is 3.39. The van der Waals surface area contributed by atoms with Crippen LogP contribution in [0.3, 0.4) is 0 Å². The summed E-state index contributed by atoms with van der Waals surface area (Å²) in [5.74, 6) is 0. The molecule has 0 saturated heterocycles. The van der Waals surface area contributed by atoms with Crippen molar-refractivity contribution in [2.75, 3.05) is 0 Å². The van der Waals surface area contributed by atoms with Crippen molar-refractivity contribution < 1.29 is 0 Å². The summed E-state index contributed by atoms with van der Waals surface area (Å²) in [6.07, 6.45) is 0. The van der Waals surface area contributed by atoms with E-state index in [1.807, 2.05) is 12.1 Å². The Balaban J connectivity index is 2.78. The van der Waals surface area contributed by atoms with E-state index in [9.17, 15) is 0 Å². The van der Waals surface area contributed by atoms with Crippen molar-refractivity contribution in [1.82, 2.24) is 4.98 Å². The standard InChI is InChI=1S/C7H9N5/c8-4-6-2-1-3-7(11-6)5-10-12-9/h1-3H,4-5,8H2. The Hall–Kier alpha value is -1.58. The minimum atomic E-state index is 0.282. The highest BCUT2D eigenvalue weighted by Crippen LogP contribution is 2.00. The Morgan fingerprint density at radius 2 is 2.25 bits per heavy atom. The van der Waals surface area contributed by atoms with E-state index in [0.29, 0.717) is 6.54 Å². The van der Waals surface area contributed by atoms with Crippen LogP contribution in [-0.2, 0) is 13.1 Å². The number of aromatic nitrogens is 1. The van der Waals surface area contributed by atoms with E-state index in [1.165, 1.54) is 0 Å². The van der Waals surface area contributed by atoms with Crippen LogP contribution in [0.5, 0.6) is 0 Å². The number of pyridine rings is 1. The van der Waals surface area contributed by atoms with E-state index in [2.05, 4.69) is 15.0 Å². The van der Waals surface area contributed by atoms with Gasteiger partial charge in [0.05, 0.1) is 12.2 Å². The smallest absolute Gasteiger partial charge is 0.0684 e. The average Bonchev–Trinajstić information content (AvgIpc) is 2.15. The molecule has 5 heteroatoms. The summed E-state index contributed by atoms with van der Waals surface area (Å²) in [7, 11) is 0. The van der Waals surface area contributed by atoms with Gasteiger partial charge in [0.2, 0.25) is 0 Å². The van der Waals surface area contributed by atoms with E-state index in [1.54, 1.807) is 6.07 Å². The Bertz CT molecular complexity index is 302. The lowest BCUT2D eigenvalue weighted by Gasteiger charge is -1.97. The van der Waals surface area contributed by atoms with Crippen LogP contribution in [0.4, 0.5) is 0 Å². The molecule has 0 radical (unpaired) electrons. The summed E-state index contributed by atoms with van der Waals surface area (Å²) in [6.45, 7) is 0.689. The first-order chi connectivity index (χ1) is 5.86. The van der Waals surface area contributed by atoms with Crippen LogP contribution in [0, 0.1) is 0 Å². The molecule has 0 fully saturated rings. The van der Waals surface area contributed by atoms with Gasteiger partial charge in [0.25, 0.3) is 0 Å². The Kier molecular flexibility index (Phi) is 3.07. The van der Waals surface area contributed by atoms with E-state index >= 15 is 0 Å². The van der Waals surface area contributed by atoms with Gasteiger partial charge in [0.1, 0.15) is 0 Å². The molecule has 1 rings (SSSR count). The molecular formula is C7H9N5. The Morgan fingerprint density at radius 1 is 1.50 bits per heavy atom. The molecule has 0 aromatic carbocycles. The van der Waals surface area contributed by atoms with Gasteiger partial charge in [-0.3, -0.25) is 4.98 Å². The molecule has 0 spiro atoms. The fourth-order valence-electron chi connectivity index (χ4n) is 0.835. The third kappa shape index (κ3) is 2.23. The molecule has 1 aromatic heterocycles. The molecule has 0 aliphatic heterocycles. The van der Waals surface area contributed by atoms with Gasteiger partial charge in [-0.05, 0) is 17.7 Å². The maximum absolute atomic E-state index is 8.06. The zero-order chi connectivity index (χ0) is 8.81. The lowest BCUT2D eigenvalue weighted by molar-refractivity contribution is 0.910. The zero-order valence-corrected chi connectivity index (χ0v) is 6.51. The van der Waals surface area contributed by atoms with E-state index in [-0.39, 0.29) is 6.54 Å². The van der Waals surface area contributed by atoms with Gasteiger partial charge in [-0.15, -0.1) is 0 Å². The van der Waals surface area contributed by atoms with Crippen molar-refractivity contribution in [3.8, 4) is 0 Å². The molecule has 0 aliphatic rings. The van der Waals surface area contributed by atoms with Gasteiger partial charge in [-0.1, -0.05) is 11.2 Å². The van der Waals surface area contributed by atoms with Crippen LogP contribution < -0.4 is 5.73 Å². The van der Waals surface area contributed by atoms with Crippen LogP contribution >= 0.6 is 0 Å². The first kappa shape index (κ1) is 8.52. The van der Waals surface area contributed by atoms with Gasteiger partial charge in [-0.2, -0.15) is 0 Å². The molecule has 62 valence electrons. The average molecular weight is 163 g/mol. The minimum Gasteiger partial charge on any atom is -0.325 e. The third-order valence-corrected chi connectivity index (χ3v) is 1.37. The SMILES string of the molecule is [N-]=[N+]=NCc1cccc(CN)n1. The van der Waals surface area contributed by atoms with Crippen molar-refractivity contribution >= 4 is 0 Å². The highest BCUT2D eigenvalue weighted by Gasteiger charge is 1.93. The number of nitrogens with two attached hydrogens (primary N) is 1. The number of azide groups is 1. The fourth-order valence-corrected chi connectivity index (χ4v) is 0.835. The second kappa shape index (κ2) is 4.33. The lowest BCUT2D eigenvalue weighted by Crippen LogP contribution is -2.00. The highest BCUT2D eigenvalue weighted by atomic mass is 15.1. The normalized spacial score (nSPS) is 9.08. The molecule has 5 nitrogen and oxygen atoms in total. The Morgan fingerprint density at radius 3 is 2.92 bits per heavy atom. The van der Waals surface area contributed by atoms with E-state index < -0.39 is 0 Å². The molecule has 0 saturated carbocycles. The maximum atomic E-state index is 8.06. The predicted octanol–water partition coefficient (Wildman–Crippen LogP) is 1.35. The summed E-state index contributed by atoms with van der Waals surface area (Å²) in [4.78, 5) is 6.78. The van der Waals surface area contributed by atoms with Crippen molar-refractivity contribution in [1.29, 1.82) is 0 Å². The summed E-state index contributed by atoms with van der Waals surface area (Å²) < 4.78 is 0. The molecule has 0 unspecified atom stereocenters. The zero-order valence-electron chi connectivity index (χ0n) is 6.51. The molecule has 12 heavy (non-hydrogen) atoms. The summed E-state index contributed by atoms with van der Waals surface area (Å²) >= 11 is 0. The van der Waals surface area contributed by atoms with Crippen LogP contribution in [0.1, 0.15) is 11.4 Å². The molecule has 0 bridgehead atoms. The Labute approximate surface area is 69.9 Å². The molecule has 1 aromatic rings. The second-order valence-corrected chi connectivity index (χ2v) is 2.21. The molecule has 0 amide bonds. The van der Waals surface area contributed by atoms with Crippen molar-refractivity contribution in [2.24, 2.45) is 10.8 Å². The van der Waals surface area contributed by atoms with E-state index in [0.717, 1.165) is 11.4 Å². The van der Waals surface area contributed by atoms with Crippen molar-refractivity contribution in [3.05, 3.63) is 40.0 Å². The van der Waals surface area contributed by atoms with Gasteiger partial charge >= 0.3 is 0 Å². The van der Waals surface area contributed by atoms with Crippen LogP contribution in [0.2, 0.25) is 0 Å². The topological polar surface area (TPSA) is 87.7 Å². The van der Waals surface area contributed by atoms with Gasteiger partial charge in [-0.25, -0.2) is 0 Å². The van der Waals surface area contributed by atoms with E-state index in [4.69, 9.17) is 11.3 Å². The molecule has 1 heterocycles. The fraction of sp³-hybridized carbons (Fsp3) is 0.286. The van der Waals surface area contributed by atoms with Gasteiger partial charge in [0.15, 0.2) is 0 Å². The lowest BCUT2D eigenvalue weighted by atomic mass is 10.3. The van der Waals surface area contributed by atoms with Crippen molar-refractivity contribution in [2.45, 2.75) is 13.1 Å². The number of rotatable bonds is 3. The summed E-state index contributed by atoms with van der Waals surface area (Å²) in [5.41, 5.74) is 15.0. The van der Waals surface area contributed by atoms with Gasteiger partial charge < -0.3 is 5.73 Å². The molecule has 2 N–H and O–H groups in total. The number of hydrogen-bond acceptors (Lipinski definition) is 3. The monoisotopic (exact) mass is 163 g/mol. The second-order valence-electron chi connectivity index (χ2n) is 2.21. The summed E-state index contributed by atoms with van der Waals surface area (Å²) in [6, 6.07) is 5.48. The highest BCUT2D eigenvalue weighted by molar-refractivity contribution is 5.10. The van der Waals surface area contributed by atoms with Crippen LogP contribution in [-0.4, -0.2) is 4.98 Å². The quantitative estimate of drug-likeness (QED) is 0.414. The molecular weight excluding hydrogens is 154 g/mol. The van der Waals surface area contributed by atoms with Crippen LogP contribution in [0.25, 0.3) is 10.4 Å². The maximum Gasteiger partial charge on any atom is 0.0684 e. The largest absolute Gasteiger partial charge is 0.325 e. The van der Waals surface area contributed by atoms with Crippen molar-refractivity contribution in [3.63, 3.8) is 0 Å². The first-order valence-electron chi connectivity index (χ1n) is 3.52. The number of nitrogens with zero attached hydrogens (tertiary/aromatic N) is 4. The first-order valence-corrected chi connectivity index (χ1v) is 3.52. The van der Waals surface area contributed by atoms with Crippen LogP contribution in [0.15, 0.2) is 23.3 Å². The van der Waals surface area contributed by atoms with Gasteiger partial charge in [0, 0.05) is 17.2 Å². The molecule has 0 atom stereocenters. The minimum absolute atomic E-state index is 0.282. The molecule has 0 aliphatic carbocycles. The number of hydrogen-bond donors (Lipinski definition) is 1. The third-order valence-electron chi connectivity index (χ3n) is 1.37. The predicted molar refractivity (Wildman–Crippen MR) is 45.0 cm³/mol.